The third-order valence-corrected chi connectivity index (χ3v) is 3.91. The first-order valence-electron chi connectivity index (χ1n) is 6.38. The van der Waals surface area contributed by atoms with E-state index in [2.05, 4.69) is 26.5 Å². The first-order valence-corrected chi connectivity index (χ1v) is 7.17. The van der Waals surface area contributed by atoms with Gasteiger partial charge in [0.25, 0.3) is 5.91 Å². The molecule has 0 saturated carbocycles. The predicted molar refractivity (Wildman–Crippen MR) is 86.7 cm³/mol. The summed E-state index contributed by atoms with van der Waals surface area (Å²) >= 11 is 3.39. The summed E-state index contributed by atoms with van der Waals surface area (Å²) in [6.45, 7) is 3.67. The minimum Gasteiger partial charge on any atom is -0.507 e. The van der Waals surface area contributed by atoms with Crippen molar-refractivity contribution in [1.29, 1.82) is 0 Å². The molecule has 0 radical (unpaired) electrons. The lowest BCUT2D eigenvalue weighted by Gasteiger charge is -2.06. The molecule has 0 bridgehead atoms. The summed E-state index contributed by atoms with van der Waals surface area (Å²) in [5.74, 6) is -0.170. The third kappa shape index (κ3) is 3.70. The molecule has 0 spiro atoms. The lowest BCUT2D eigenvalue weighted by molar-refractivity contribution is 0.0954. The van der Waals surface area contributed by atoms with Crippen LogP contribution in [0.2, 0.25) is 0 Å². The summed E-state index contributed by atoms with van der Waals surface area (Å²) in [4.78, 5) is 12.0. The third-order valence-electron chi connectivity index (χ3n) is 3.05. The van der Waals surface area contributed by atoms with Crippen LogP contribution in [0.1, 0.15) is 28.4 Å². The number of carbonyl (C=O) groups excluding carboxylic acids is 1. The average Bonchev–Trinajstić information content (AvgIpc) is 2.47. The van der Waals surface area contributed by atoms with Crippen molar-refractivity contribution in [2.75, 3.05) is 0 Å². The second-order valence-corrected chi connectivity index (χ2v) is 5.47. The van der Waals surface area contributed by atoms with Crippen molar-refractivity contribution in [1.82, 2.24) is 5.43 Å². The highest BCUT2D eigenvalue weighted by molar-refractivity contribution is 9.10. The van der Waals surface area contributed by atoms with Crippen LogP contribution in [0.15, 0.2) is 52.0 Å². The van der Waals surface area contributed by atoms with Crippen LogP contribution in [0.3, 0.4) is 0 Å². The van der Waals surface area contributed by atoms with Gasteiger partial charge in [0.1, 0.15) is 5.75 Å². The fourth-order valence-electron chi connectivity index (χ4n) is 1.77. The quantitative estimate of drug-likeness (QED) is 0.658. The van der Waals surface area contributed by atoms with Crippen molar-refractivity contribution < 1.29 is 9.90 Å². The van der Waals surface area contributed by atoms with E-state index >= 15 is 0 Å². The van der Waals surface area contributed by atoms with Crippen LogP contribution >= 0.6 is 15.9 Å². The minimum atomic E-state index is -0.300. The van der Waals surface area contributed by atoms with E-state index in [1.165, 1.54) is 0 Å². The Morgan fingerprint density at radius 1 is 1.24 bits per heavy atom. The lowest BCUT2D eigenvalue weighted by atomic mass is 10.1. The molecule has 0 aliphatic heterocycles. The molecular formula is C16H15BrN2O2. The summed E-state index contributed by atoms with van der Waals surface area (Å²) < 4.78 is 0.872. The number of carbonyl (C=O) groups is 1. The van der Waals surface area contributed by atoms with Gasteiger partial charge in [-0.15, -0.1) is 0 Å². The van der Waals surface area contributed by atoms with Gasteiger partial charge in [0, 0.05) is 15.6 Å². The second kappa shape index (κ2) is 6.54. The number of phenols is 1. The number of amides is 1. The molecule has 0 aromatic heterocycles. The molecule has 0 aliphatic rings. The molecule has 2 rings (SSSR count). The Bertz CT molecular complexity index is 711. The summed E-state index contributed by atoms with van der Waals surface area (Å²) in [5.41, 5.74) is 5.18. The Kier molecular flexibility index (Phi) is 4.75. The Morgan fingerprint density at radius 2 is 1.95 bits per heavy atom. The molecule has 0 saturated heterocycles. The summed E-state index contributed by atoms with van der Waals surface area (Å²) in [6, 6.07) is 12.2. The highest BCUT2D eigenvalue weighted by atomic mass is 79.9. The molecule has 0 heterocycles. The van der Waals surface area contributed by atoms with Gasteiger partial charge in [-0.1, -0.05) is 34.1 Å². The molecule has 2 N–H and O–H groups in total. The molecule has 0 aliphatic carbocycles. The minimum absolute atomic E-state index is 0.131. The van der Waals surface area contributed by atoms with E-state index in [-0.39, 0.29) is 11.7 Å². The molecule has 0 atom stereocenters. The standard InChI is InChI=1S/C16H15BrN2O2/c1-10-7-8-12(9-14(10)17)16(21)19-18-11(2)13-5-3-4-6-15(13)20/h3-9,20H,1-2H3,(H,19,21)/b18-11+. The molecule has 0 fully saturated rings. The van der Waals surface area contributed by atoms with Gasteiger partial charge >= 0.3 is 0 Å². The Morgan fingerprint density at radius 3 is 2.62 bits per heavy atom. The zero-order valence-electron chi connectivity index (χ0n) is 11.7. The van der Waals surface area contributed by atoms with Gasteiger partial charge in [-0.05, 0) is 43.7 Å². The van der Waals surface area contributed by atoms with Crippen LogP contribution < -0.4 is 5.43 Å². The van der Waals surface area contributed by atoms with Crippen molar-refractivity contribution in [3.63, 3.8) is 0 Å². The molecule has 0 unspecified atom stereocenters. The number of aryl methyl sites for hydroxylation is 1. The van der Waals surface area contributed by atoms with E-state index in [4.69, 9.17) is 0 Å². The second-order valence-electron chi connectivity index (χ2n) is 4.62. The number of aromatic hydroxyl groups is 1. The number of nitrogens with zero attached hydrogens (tertiary/aromatic N) is 1. The van der Waals surface area contributed by atoms with Crippen LogP contribution in [0.25, 0.3) is 0 Å². The van der Waals surface area contributed by atoms with E-state index in [1.54, 1.807) is 43.3 Å². The number of para-hydroxylation sites is 1. The predicted octanol–water partition coefficient (Wildman–Crippen LogP) is 3.62. The topological polar surface area (TPSA) is 61.7 Å². The fourth-order valence-corrected chi connectivity index (χ4v) is 2.15. The summed E-state index contributed by atoms with van der Waals surface area (Å²) in [7, 11) is 0. The number of nitrogens with one attached hydrogen (secondary N) is 1. The van der Waals surface area contributed by atoms with Crippen molar-refractivity contribution in [3.05, 3.63) is 63.6 Å². The van der Waals surface area contributed by atoms with Gasteiger partial charge in [-0.3, -0.25) is 4.79 Å². The van der Waals surface area contributed by atoms with Crippen LogP contribution in [-0.4, -0.2) is 16.7 Å². The summed E-state index contributed by atoms with van der Waals surface area (Å²) in [6.07, 6.45) is 0. The van der Waals surface area contributed by atoms with Crippen molar-refractivity contribution in [3.8, 4) is 5.75 Å². The maximum atomic E-state index is 12.0. The van der Waals surface area contributed by atoms with E-state index in [9.17, 15) is 9.90 Å². The molecule has 1 amide bonds. The summed E-state index contributed by atoms with van der Waals surface area (Å²) in [5, 5.41) is 13.8. The van der Waals surface area contributed by atoms with Crippen molar-refractivity contribution in [2.24, 2.45) is 5.10 Å². The number of halogens is 1. The number of phenolic OH excluding ortho intramolecular Hbond substituents is 1. The number of hydrazone groups is 1. The first kappa shape index (κ1) is 15.3. The van der Waals surface area contributed by atoms with Crippen LogP contribution in [0, 0.1) is 6.92 Å². The molecular weight excluding hydrogens is 332 g/mol. The van der Waals surface area contributed by atoms with E-state index < -0.39 is 0 Å². The molecule has 2 aromatic rings. The largest absolute Gasteiger partial charge is 0.507 e. The normalized spacial score (nSPS) is 11.3. The highest BCUT2D eigenvalue weighted by Gasteiger charge is 2.08. The van der Waals surface area contributed by atoms with E-state index in [0.29, 0.717) is 16.8 Å². The van der Waals surface area contributed by atoms with E-state index in [1.807, 2.05) is 13.0 Å². The number of benzene rings is 2. The van der Waals surface area contributed by atoms with Crippen LogP contribution in [0.5, 0.6) is 5.75 Å². The van der Waals surface area contributed by atoms with Gasteiger partial charge in [-0.25, -0.2) is 5.43 Å². The highest BCUT2D eigenvalue weighted by Crippen LogP contribution is 2.18. The maximum absolute atomic E-state index is 12.0. The first-order chi connectivity index (χ1) is 9.99. The average molecular weight is 347 g/mol. The molecule has 5 heteroatoms. The maximum Gasteiger partial charge on any atom is 0.271 e. The fraction of sp³-hybridized carbons (Fsp3) is 0.125. The molecule has 108 valence electrons. The zero-order valence-corrected chi connectivity index (χ0v) is 13.3. The number of rotatable bonds is 3. The lowest BCUT2D eigenvalue weighted by Crippen LogP contribution is -2.19. The van der Waals surface area contributed by atoms with Crippen LogP contribution in [0.4, 0.5) is 0 Å². The van der Waals surface area contributed by atoms with Crippen molar-refractivity contribution >= 4 is 27.5 Å². The monoisotopic (exact) mass is 346 g/mol. The molecule has 2 aromatic carbocycles. The Labute approximate surface area is 131 Å². The SMILES string of the molecule is C/C(=N\NC(=O)c1ccc(C)c(Br)c1)c1ccccc1O. The van der Waals surface area contributed by atoms with E-state index in [0.717, 1.165) is 10.0 Å². The van der Waals surface area contributed by atoms with Gasteiger partial charge < -0.3 is 5.11 Å². The van der Waals surface area contributed by atoms with Gasteiger partial charge in [0.2, 0.25) is 0 Å². The Balaban J connectivity index is 2.14. The number of hydrogen-bond donors (Lipinski definition) is 2. The van der Waals surface area contributed by atoms with Gasteiger partial charge in [0.05, 0.1) is 5.71 Å². The van der Waals surface area contributed by atoms with Crippen molar-refractivity contribution in [2.45, 2.75) is 13.8 Å². The smallest absolute Gasteiger partial charge is 0.271 e. The molecule has 21 heavy (non-hydrogen) atoms. The Hall–Kier alpha value is -2.14. The molecule has 4 nitrogen and oxygen atoms in total. The zero-order chi connectivity index (χ0) is 15.4. The number of hydrogen-bond acceptors (Lipinski definition) is 3. The van der Waals surface area contributed by atoms with Gasteiger partial charge in [0.15, 0.2) is 0 Å². The van der Waals surface area contributed by atoms with Gasteiger partial charge in [-0.2, -0.15) is 5.10 Å². The van der Waals surface area contributed by atoms with Crippen LogP contribution in [-0.2, 0) is 0 Å².